The van der Waals surface area contributed by atoms with Crippen LogP contribution in [0.15, 0.2) is 0 Å². The Kier molecular flexibility index (Phi) is 3.56. The molecule has 0 bridgehead atoms. The van der Waals surface area contributed by atoms with Gasteiger partial charge >= 0.3 is 12.1 Å². The van der Waals surface area contributed by atoms with Crippen molar-refractivity contribution < 1.29 is 23.1 Å². The quantitative estimate of drug-likeness (QED) is 0.921. The number of rotatable bonds is 3. The number of aryl methyl sites for hydroxylation is 2. The lowest BCUT2D eigenvalue weighted by Crippen LogP contribution is -2.35. The van der Waals surface area contributed by atoms with E-state index in [1.807, 2.05) is 0 Å². The third-order valence-corrected chi connectivity index (χ3v) is 3.48. The average molecular weight is 276 g/mol. The van der Waals surface area contributed by atoms with Gasteiger partial charge in [-0.1, -0.05) is 0 Å². The fraction of sp³-hybridized carbons (Fsp3) is 0.667. The van der Waals surface area contributed by atoms with Crippen LogP contribution in [0, 0.1) is 12.8 Å². The Hall–Kier alpha value is -1.53. The highest BCUT2D eigenvalue weighted by molar-refractivity contribution is 5.70. The third kappa shape index (κ3) is 2.74. The van der Waals surface area contributed by atoms with Gasteiger partial charge in [0.25, 0.3) is 0 Å². The van der Waals surface area contributed by atoms with E-state index >= 15 is 0 Å². The molecule has 2 rings (SSSR count). The number of hydrogen-bond donors (Lipinski definition) is 1. The van der Waals surface area contributed by atoms with Crippen molar-refractivity contribution >= 4 is 5.97 Å². The number of imidazole rings is 1. The van der Waals surface area contributed by atoms with E-state index in [0.29, 0.717) is 12.2 Å². The molecular weight excluding hydrogens is 261 g/mol. The summed E-state index contributed by atoms with van der Waals surface area (Å²) < 4.78 is 39.6. The van der Waals surface area contributed by atoms with Crippen LogP contribution < -0.4 is 0 Å². The van der Waals surface area contributed by atoms with Gasteiger partial charge in [-0.15, -0.1) is 0 Å². The first-order valence-electron chi connectivity index (χ1n) is 6.15. The number of carboxylic acids is 1. The van der Waals surface area contributed by atoms with Crippen molar-refractivity contribution in [2.75, 3.05) is 0 Å². The fourth-order valence-corrected chi connectivity index (χ4v) is 2.48. The molecule has 1 heterocycles. The van der Waals surface area contributed by atoms with Gasteiger partial charge < -0.3 is 9.67 Å². The molecule has 0 fully saturated rings. The van der Waals surface area contributed by atoms with Crippen molar-refractivity contribution in [3.8, 4) is 0 Å². The molecule has 7 heteroatoms. The van der Waals surface area contributed by atoms with Crippen LogP contribution in [0.3, 0.4) is 0 Å². The number of carboxylic acid groups (broad SMARTS) is 1. The molecule has 0 aromatic carbocycles. The van der Waals surface area contributed by atoms with Crippen molar-refractivity contribution in [1.82, 2.24) is 9.55 Å². The van der Waals surface area contributed by atoms with E-state index < -0.39 is 24.6 Å². The first-order chi connectivity index (χ1) is 8.80. The molecule has 1 aromatic rings. The molecule has 0 saturated heterocycles. The number of nitrogens with zero attached hydrogens (tertiary/aromatic N) is 2. The molecular formula is C12H15F3N2O2. The Bertz CT molecular complexity index is 494. The fourth-order valence-electron chi connectivity index (χ4n) is 2.48. The van der Waals surface area contributed by atoms with E-state index in [4.69, 9.17) is 5.11 Å². The van der Waals surface area contributed by atoms with Gasteiger partial charge in [-0.3, -0.25) is 4.79 Å². The molecule has 1 aliphatic rings. The van der Waals surface area contributed by atoms with Crippen LogP contribution in [0.5, 0.6) is 0 Å². The molecule has 1 N–H and O–H groups in total. The first-order valence-corrected chi connectivity index (χ1v) is 6.15. The zero-order chi connectivity index (χ0) is 14.2. The summed E-state index contributed by atoms with van der Waals surface area (Å²) in [5.41, 5.74) is 1.58. The number of alkyl halides is 3. The van der Waals surface area contributed by atoms with E-state index in [9.17, 15) is 18.0 Å². The summed E-state index contributed by atoms with van der Waals surface area (Å²) in [5, 5.41) is 8.75. The van der Waals surface area contributed by atoms with E-state index in [0.717, 1.165) is 30.7 Å². The number of aromatic nitrogens is 2. The summed E-state index contributed by atoms with van der Waals surface area (Å²) in [5.74, 6) is -3.76. The van der Waals surface area contributed by atoms with Crippen LogP contribution in [0.2, 0.25) is 0 Å². The van der Waals surface area contributed by atoms with Crippen molar-refractivity contribution in [2.45, 2.75) is 45.3 Å². The second kappa shape index (κ2) is 4.86. The van der Waals surface area contributed by atoms with Gasteiger partial charge in [-0.25, -0.2) is 4.98 Å². The number of halogens is 3. The van der Waals surface area contributed by atoms with Gasteiger partial charge in [0.2, 0.25) is 0 Å². The number of carbonyl (C=O) groups is 1. The molecule has 106 valence electrons. The lowest BCUT2D eigenvalue weighted by atomic mass is 10.0. The van der Waals surface area contributed by atoms with Gasteiger partial charge in [0.1, 0.15) is 5.82 Å². The Morgan fingerprint density at radius 2 is 2.05 bits per heavy atom. The maximum Gasteiger partial charge on any atom is 0.403 e. The summed E-state index contributed by atoms with van der Waals surface area (Å²) in [6.45, 7) is 1.03. The highest BCUT2D eigenvalue weighted by Crippen LogP contribution is 2.30. The Morgan fingerprint density at radius 1 is 1.42 bits per heavy atom. The van der Waals surface area contributed by atoms with Crippen LogP contribution >= 0.6 is 0 Å². The topological polar surface area (TPSA) is 55.1 Å². The molecule has 0 amide bonds. The van der Waals surface area contributed by atoms with Gasteiger partial charge in [0.15, 0.2) is 5.92 Å². The van der Waals surface area contributed by atoms with Crippen LogP contribution in [0.1, 0.15) is 30.1 Å². The van der Waals surface area contributed by atoms with E-state index in [1.165, 1.54) is 4.57 Å². The molecule has 4 nitrogen and oxygen atoms in total. The van der Waals surface area contributed by atoms with Gasteiger partial charge in [-0.2, -0.15) is 13.2 Å². The summed E-state index contributed by atoms with van der Waals surface area (Å²) in [7, 11) is 0. The Morgan fingerprint density at radius 3 is 2.63 bits per heavy atom. The molecule has 1 aliphatic carbocycles. The van der Waals surface area contributed by atoms with Gasteiger partial charge in [-0.05, 0) is 32.6 Å². The zero-order valence-corrected chi connectivity index (χ0v) is 10.5. The van der Waals surface area contributed by atoms with E-state index in [-0.39, 0.29) is 0 Å². The highest BCUT2D eigenvalue weighted by atomic mass is 19.4. The van der Waals surface area contributed by atoms with Crippen molar-refractivity contribution in [1.29, 1.82) is 0 Å². The van der Waals surface area contributed by atoms with E-state index in [2.05, 4.69) is 4.98 Å². The molecule has 1 unspecified atom stereocenters. The summed E-state index contributed by atoms with van der Waals surface area (Å²) >= 11 is 0. The number of fused-ring (bicyclic) bond motifs is 1. The molecule has 0 aliphatic heterocycles. The minimum absolute atomic E-state index is 0.461. The molecule has 1 aromatic heterocycles. The second-order valence-electron chi connectivity index (χ2n) is 4.80. The molecule has 0 radical (unpaired) electrons. The lowest BCUT2D eigenvalue weighted by molar-refractivity contribution is -0.196. The molecule has 19 heavy (non-hydrogen) atoms. The minimum atomic E-state index is -4.75. The van der Waals surface area contributed by atoms with Crippen molar-refractivity contribution in [3.63, 3.8) is 0 Å². The Labute approximate surface area is 108 Å². The molecule has 0 spiro atoms. The normalized spacial score (nSPS) is 17.1. The van der Waals surface area contributed by atoms with Gasteiger partial charge in [0.05, 0.1) is 5.69 Å². The molecule has 1 atom stereocenters. The maximum atomic E-state index is 12.7. The van der Waals surface area contributed by atoms with Gasteiger partial charge in [0, 0.05) is 12.2 Å². The van der Waals surface area contributed by atoms with Crippen molar-refractivity contribution in [3.05, 3.63) is 17.2 Å². The minimum Gasteiger partial charge on any atom is -0.481 e. The SMILES string of the molecule is Cc1nc2c(n1CC(C(=O)O)C(F)(F)F)CCCC2. The number of aliphatic carboxylic acids is 1. The molecule has 0 saturated carbocycles. The Balaban J connectivity index is 2.32. The summed E-state index contributed by atoms with van der Waals surface area (Å²) in [4.78, 5) is 15.0. The summed E-state index contributed by atoms with van der Waals surface area (Å²) in [6, 6.07) is 0. The number of hydrogen-bond acceptors (Lipinski definition) is 2. The van der Waals surface area contributed by atoms with Crippen LogP contribution in [-0.2, 0) is 24.2 Å². The average Bonchev–Trinajstić information content (AvgIpc) is 2.59. The standard InChI is InChI=1S/C12H15F3N2O2/c1-7-16-9-4-2-3-5-10(9)17(7)6-8(11(18)19)12(13,14)15/h8H,2-6H2,1H3,(H,18,19). The van der Waals surface area contributed by atoms with Crippen LogP contribution in [0.25, 0.3) is 0 Å². The first kappa shape index (κ1) is 13.9. The monoisotopic (exact) mass is 276 g/mol. The largest absolute Gasteiger partial charge is 0.481 e. The van der Waals surface area contributed by atoms with Crippen LogP contribution in [-0.4, -0.2) is 26.8 Å². The second-order valence-corrected chi connectivity index (χ2v) is 4.80. The van der Waals surface area contributed by atoms with Crippen LogP contribution in [0.4, 0.5) is 13.2 Å². The predicted molar refractivity (Wildman–Crippen MR) is 60.8 cm³/mol. The predicted octanol–water partition coefficient (Wildman–Crippen LogP) is 2.33. The lowest BCUT2D eigenvalue weighted by Gasteiger charge is -2.20. The van der Waals surface area contributed by atoms with Crippen molar-refractivity contribution in [2.24, 2.45) is 5.92 Å². The van der Waals surface area contributed by atoms with E-state index in [1.54, 1.807) is 6.92 Å². The maximum absolute atomic E-state index is 12.7. The third-order valence-electron chi connectivity index (χ3n) is 3.48. The highest BCUT2D eigenvalue weighted by Gasteiger charge is 2.45. The summed E-state index contributed by atoms with van der Waals surface area (Å²) in [6.07, 6.45) is -1.44. The smallest absolute Gasteiger partial charge is 0.403 e. The zero-order valence-electron chi connectivity index (χ0n) is 10.5.